The van der Waals surface area contributed by atoms with Crippen molar-refractivity contribution in [1.29, 1.82) is 0 Å². The zero-order chi connectivity index (χ0) is 64.5. The number of Topliss-reactive ketones (excluding diaryl/α,β-unsaturated/α-hetero) is 1. The number of likely N-dealkylation sites (N-methyl/N-ethyl adjacent to an activating group) is 1. The number of nitrogens with zero attached hydrogens (tertiary/aromatic N) is 1. The molecule has 486 valence electrons. The van der Waals surface area contributed by atoms with E-state index in [4.69, 9.17) is 63.6 Å². The number of unbranched alkanes of at least 4 members (excludes halogenated alkanes) is 6. The molecule has 0 saturated heterocycles. The summed E-state index contributed by atoms with van der Waals surface area (Å²) >= 11 is 0. The van der Waals surface area contributed by atoms with Crippen LogP contribution >= 0.6 is 0 Å². The van der Waals surface area contributed by atoms with Gasteiger partial charge in [0.05, 0.1) is 43.7 Å². The smallest absolute Gasteiger partial charge is 0.344 e. The van der Waals surface area contributed by atoms with Gasteiger partial charge >= 0.3 is 29.8 Å². The minimum atomic E-state index is -0.741. The van der Waals surface area contributed by atoms with Crippen molar-refractivity contribution >= 4 is 47.4 Å². The minimum absolute atomic E-state index is 0.00408. The third kappa shape index (κ3) is 40.1. The van der Waals surface area contributed by atoms with Crippen LogP contribution in [0.4, 0.5) is 0 Å². The van der Waals surface area contributed by atoms with Gasteiger partial charge in [0.1, 0.15) is 6.61 Å². The first kappa shape index (κ1) is 80.1. The molecule has 0 bridgehead atoms. The van der Waals surface area contributed by atoms with Gasteiger partial charge in [-0.05, 0) is 151 Å². The lowest BCUT2D eigenvalue weighted by Crippen LogP contribution is -2.33. The summed E-state index contributed by atoms with van der Waals surface area (Å²) in [6, 6.07) is 5.19. The third-order valence-corrected chi connectivity index (χ3v) is 10.7. The van der Waals surface area contributed by atoms with Gasteiger partial charge in [-0.1, -0.05) is 46.5 Å². The van der Waals surface area contributed by atoms with Crippen LogP contribution in [0.1, 0.15) is 154 Å². The van der Waals surface area contributed by atoms with Crippen LogP contribution in [0.25, 0.3) is 0 Å². The second-order valence-corrected chi connectivity index (χ2v) is 19.4. The van der Waals surface area contributed by atoms with Gasteiger partial charge in [-0.2, -0.15) is 0 Å². The van der Waals surface area contributed by atoms with Crippen LogP contribution in [-0.2, 0) is 52.5 Å². The van der Waals surface area contributed by atoms with Crippen LogP contribution in [-0.4, -0.2) is 184 Å². The zero-order valence-corrected chi connectivity index (χ0v) is 53.2. The molecule has 0 fully saturated rings. The Morgan fingerprint density at radius 3 is 1.28 bits per heavy atom. The normalized spacial score (nSPS) is 10.3. The highest BCUT2D eigenvalue weighted by Gasteiger charge is 2.25. The molecule has 0 aliphatic heterocycles. The van der Waals surface area contributed by atoms with E-state index >= 15 is 0 Å². The molecule has 0 saturated carbocycles. The molecule has 0 unspecified atom stereocenters. The van der Waals surface area contributed by atoms with Crippen molar-refractivity contribution in [3.8, 4) is 34.5 Å². The number of nitrogens with two attached hydrogens (primary N) is 2. The fourth-order valence-corrected chi connectivity index (χ4v) is 6.77. The highest BCUT2D eigenvalue weighted by atomic mass is 16.6. The summed E-state index contributed by atoms with van der Waals surface area (Å²) < 4.78 is 58.4. The van der Waals surface area contributed by atoms with Crippen LogP contribution in [0.5, 0.6) is 34.5 Å². The number of amides is 2. The molecule has 0 aliphatic carbocycles. The molecule has 0 aromatic heterocycles. The van der Waals surface area contributed by atoms with Gasteiger partial charge in [0, 0.05) is 20.1 Å². The molecule has 0 atom stereocenters. The first-order valence-corrected chi connectivity index (χ1v) is 29.2. The van der Waals surface area contributed by atoms with Gasteiger partial charge < -0.3 is 84.4 Å². The molecular formula is C60H102N6O19. The number of rotatable bonds is 41. The number of carbonyl (C=O) groups excluding carboxylic acids is 8. The van der Waals surface area contributed by atoms with E-state index in [1.54, 1.807) is 53.5 Å². The van der Waals surface area contributed by atoms with Crippen LogP contribution in [0.15, 0.2) is 24.3 Å². The Bertz CT molecular complexity index is 2180. The molecule has 7 N–H and O–H groups in total. The maximum atomic E-state index is 12.7. The number of carbonyl (C=O) groups is 8. The topological polar surface area (TPSA) is 329 Å². The van der Waals surface area contributed by atoms with Crippen molar-refractivity contribution in [2.45, 2.75) is 152 Å². The van der Waals surface area contributed by atoms with Crippen molar-refractivity contribution < 1.29 is 90.5 Å². The first-order chi connectivity index (χ1) is 40.6. The maximum Gasteiger partial charge on any atom is 0.344 e. The van der Waals surface area contributed by atoms with Gasteiger partial charge in [0.25, 0.3) is 11.8 Å². The zero-order valence-electron chi connectivity index (χ0n) is 53.2. The number of benzene rings is 2. The Morgan fingerprint density at radius 2 is 0.894 bits per heavy atom. The van der Waals surface area contributed by atoms with E-state index in [-0.39, 0.29) is 101 Å². The SMILES string of the molecule is CC.CCCNCCCN(C)C(=O)COc1cc(C(=O)OC)cc(OCC(=O)NCCCCCCNC)c1OCC(C)=O.COC(=O)c1cc(OCC(=O)OC(C)C)c(OCC(=O)OC(C)C)c(OCC(=O)OC(C)C)c1.NCCCCCCN. The van der Waals surface area contributed by atoms with E-state index in [0.717, 1.165) is 84.1 Å². The van der Waals surface area contributed by atoms with Gasteiger partial charge in [0.15, 0.2) is 61.8 Å². The highest BCUT2D eigenvalue weighted by molar-refractivity contribution is 5.92. The van der Waals surface area contributed by atoms with E-state index in [9.17, 15) is 38.4 Å². The lowest BCUT2D eigenvalue weighted by atomic mass is 10.2. The van der Waals surface area contributed by atoms with Gasteiger partial charge in [-0.3, -0.25) is 14.4 Å². The second-order valence-electron chi connectivity index (χ2n) is 19.4. The molecule has 2 amide bonds. The fourth-order valence-electron chi connectivity index (χ4n) is 6.77. The average Bonchev–Trinajstić information content (AvgIpc) is 3.64. The Morgan fingerprint density at radius 1 is 0.506 bits per heavy atom. The van der Waals surface area contributed by atoms with Crippen molar-refractivity contribution in [3.05, 3.63) is 35.4 Å². The Hall–Kier alpha value is -6.96. The molecule has 2 rings (SSSR count). The quantitative estimate of drug-likeness (QED) is 0.0294. The fraction of sp³-hybridized carbons (Fsp3) is 0.667. The van der Waals surface area contributed by atoms with Crippen LogP contribution in [0.2, 0.25) is 0 Å². The summed E-state index contributed by atoms with van der Waals surface area (Å²) in [5.74, 6) is -4.69. The van der Waals surface area contributed by atoms with Crippen molar-refractivity contribution in [2.75, 3.05) is 114 Å². The van der Waals surface area contributed by atoms with Crippen molar-refractivity contribution in [2.24, 2.45) is 11.5 Å². The monoisotopic (exact) mass is 1210 g/mol. The predicted octanol–water partition coefficient (Wildman–Crippen LogP) is 5.90. The Kier molecular flexibility index (Phi) is 47.5. The van der Waals surface area contributed by atoms with Crippen LogP contribution in [0.3, 0.4) is 0 Å². The van der Waals surface area contributed by atoms with Gasteiger partial charge in [0.2, 0.25) is 11.5 Å². The number of esters is 5. The number of nitrogens with one attached hydrogen (secondary N) is 3. The van der Waals surface area contributed by atoms with E-state index in [0.29, 0.717) is 13.1 Å². The number of hydrogen-bond donors (Lipinski definition) is 5. The van der Waals surface area contributed by atoms with Crippen LogP contribution < -0.4 is 55.8 Å². The number of hydrogen-bond acceptors (Lipinski definition) is 23. The van der Waals surface area contributed by atoms with E-state index < -0.39 is 49.7 Å². The summed E-state index contributed by atoms with van der Waals surface area (Å²) in [6.45, 7) is 20.3. The molecule has 25 heteroatoms. The lowest BCUT2D eigenvalue weighted by molar-refractivity contribution is -0.151. The summed E-state index contributed by atoms with van der Waals surface area (Å²) in [7, 11) is 6.00. The first-order valence-electron chi connectivity index (χ1n) is 29.2. The maximum absolute atomic E-state index is 12.7. The molecule has 2 aromatic rings. The predicted molar refractivity (Wildman–Crippen MR) is 322 cm³/mol. The minimum Gasteiger partial charge on any atom is -0.480 e. The van der Waals surface area contributed by atoms with E-state index in [2.05, 4.69) is 22.9 Å². The van der Waals surface area contributed by atoms with E-state index in [1.165, 1.54) is 58.3 Å². The average molecular weight is 1210 g/mol. The largest absolute Gasteiger partial charge is 0.480 e. The lowest BCUT2D eigenvalue weighted by Gasteiger charge is -2.20. The molecular weight excluding hydrogens is 1110 g/mol. The molecule has 25 nitrogen and oxygen atoms in total. The molecule has 0 radical (unpaired) electrons. The van der Waals surface area contributed by atoms with Gasteiger partial charge in [-0.15, -0.1) is 0 Å². The summed E-state index contributed by atoms with van der Waals surface area (Å²) in [5.41, 5.74) is 10.6. The second kappa shape index (κ2) is 50.4. The standard InChI is InChI=1S/C29H48N4O8.C23H32O11.C6H16N2.C2H6/c1-6-12-31-14-11-16-33(4)27(36)21-40-25-18-23(29(37)38-5)17-24(28(25)41-19-22(2)34)39-20-26(35)32-15-10-8-7-9-13-30-3;1-13(2)32-19(24)10-29-17-8-16(23(27)28-7)9-18(30-11-20(25)33-14(3)4)22(17)31-12-21(26)34-15(5)6;7-5-3-1-2-4-6-8;1-2/h17-18,30-31H,6-16,19-21H2,1-5H3,(H,32,35);8-9,13-15H,10-12H2,1-7H3;1-8H2;1-2H3. The van der Waals surface area contributed by atoms with Crippen molar-refractivity contribution in [3.63, 3.8) is 0 Å². The molecule has 0 aliphatic rings. The number of ketones is 1. The van der Waals surface area contributed by atoms with Crippen LogP contribution in [0, 0.1) is 0 Å². The highest BCUT2D eigenvalue weighted by Crippen LogP contribution is 2.41. The molecule has 0 spiro atoms. The van der Waals surface area contributed by atoms with Gasteiger partial charge in [-0.25, -0.2) is 24.0 Å². The number of ether oxygens (including phenoxy) is 11. The Labute approximate surface area is 504 Å². The van der Waals surface area contributed by atoms with Crippen molar-refractivity contribution in [1.82, 2.24) is 20.9 Å². The third-order valence-electron chi connectivity index (χ3n) is 10.7. The Balaban J connectivity index is 0. The molecule has 2 aromatic carbocycles. The summed E-state index contributed by atoms with van der Waals surface area (Å²) in [6.07, 6.45) is 9.49. The molecule has 85 heavy (non-hydrogen) atoms. The number of methoxy groups -OCH3 is 2. The van der Waals surface area contributed by atoms with E-state index in [1.807, 2.05) is 20.9 Å². The summed E-state index contributed by atoms with van der Waals surface area (Å²) in [4.78, 5) is 98.7. The summed E-state index contributed by atoms with van der Waals surface area (Å²) in [5, 5.41) is 9.20. The molecule has 0 heterocycles.